The SMILES string of the molecule is CSc1ccc(C2C=C(c3cccs3)Nc3nnnn32)cc1. The monoisotopic (exact) mass is 327 g/mol. The molecule has 110 valence electrons. The van der Waals surface area contributed by atoms with Crippen molar-refractivity contribution in [1.82, 2.24) is 20.2 Å². The number of thioether (sulfide) groups is 1. The summed E-state index contributed by atoms with van der Waals surface area (Å²) in [7, 11) is 0. The molecule has 1 atom stereocenters. The number of rotatable bonds is 3. The van der Waals surface area contributed by atoms with Gasteiger partial charge < -0.3 is 5.32 Å². The van der Waals surface area contributed by atoms with Crippen LogP contribution in [0.5, 0.6) is 0 Å². The van der Waals surface area contributed by atoms with Crippen LogP contribution < -0.4 is 5.32 Å². The van der Waals surface area contributed by atoms with E-state index < -0.39 is 0 Å². The molecule has 0 fully saturated rings. The summed E-state index contributed by atoms with van der Waals surface area (Å²) in [4.78, 5) is 2.43. The predicted octanol–water partition coefficient (Wildman–Crippen LogP) is 3.51. The zero-order valence-electron chi connectivity index (χ0n) is 11.8. The van der Waals surface area contributed by atoms with Crippen molar-refractivity contribution in [2.45, 2.75) is 10.9 Å². The number of hydrogen-bond donors (Lipinski definition) is 1. The van der Waals surface area contributed by atoms with Crippen LogP contribution in [0.3, 0.4) is 0 Å². The minimum atomic E-state index is -0.000689. The fourth-order valence-corrected chi connectivity index (χ4v) is 3.58. The maximum absolute atomic E-state index is 4.12. The summed E-state index contributed by atoms with van der Waals surface area (Å²) in [5.74, 6) is 0.671. The third-order valence-electron chi connectivity index (χ3n) is 3.57. The van der Waals surface area contributed by atoms with E-state index in [1.807, 2.05) is 10.7 Å². The number of tetrazole rings is 1. The van der Waals surface area contributed by atoms with Crippen LogP contribution in [0.1, 0.15) is 16.5 Å². The molecule has 0 aliphatic carbocycles. The standard InChI is InChI=1S/C15H13N5S2/c1-21-11-6-4-10(5-7-11)13-9-12(14-3-2-8-22-14)16-15-17-18-19-20(13)15/h2-9,13H,1H3,(H,16,17,19). The van der Waals surface area contributed by atoms with Gasteiger partial charge in [0.2, 0.25) is 5.95 Å². The van der Waals surface area contributed by atoms with E-state index in [0.717, 1.165) is 5.70 Å². The van der Waals surface area contributed by atoms with Crippen LogP contribution in [-0.4, -0.2) is 26.5 Å². The Hall–Kier alpha value is -2.12. The van der Waals surface area contributed by atoms with E-state index in [1.54, 1.807) is 23.1 Å². The Morgan fingerprint density at radius 1 is 1.23 bits per heavy atom. The average molecular weight is 327 g/mol. The van der Waals surface area contributed by atoms with Gasteiger partial charge in [-0.05, 0) is 51.9 Å². The molecule has 0 saturated carbocycles. The number of fused-ring (bicyclic) bond motifs is 1. The Labute approximate surface area is 136 Å². The van der Waals surface area contributed by atoms with E-state index >= 15 is 0 Å². The topological polar surface area (TPSA) is 55.6 Å². The van der Waals surface area contributed by atoms with Crippen molar-refractivity contribution in [3.63, 3.8) is 0 Å². The zero-order chi connectivity index (χ0) is 14.9. The van der Waals surface area contributed by atoms with Crippen LogP contribution in [0, 0.1) is 0 Å². The Morgan fingerprint density at radius 3 is 2.82 bits per heavy atom. The lowest BCUT2D eigenvalue weighted by Gasteiger charge is -2.22. The molecule has 1 aliphatic heterocycles. The highest BCUT2D eigenvalue weighted by atomic mass is 32.2. The first-order valence-corrected chi connectivity index (χ1v) is 8.90. The van der Waals surface area contributed by atoms with E-state index in [1.165, 1.54) is 15.3 Å². The van der Waals surface area contributed by atoms with Gasteiger partial charge in [0.25, 0.3) is 0 Å². The first kappa shape index (κ1) is 13.5. The minimum absolute atomic E-state index is 0.000689. The predicted molar refractivity (Wildman–Crippen MR) is 90.1 cm³/mol. The number of nitrogens with one attached hydrogen (secondary N) is 1. The van der Waals surface area contributed by atoms with Gasteiger partial charge in [0.15, 0.2) is 0 Å². The van der Waals surface area contributed by atoms with Gasteiger partial charge in [-0.25, -0.2) is 0 Å². The van der Waals surface area contributed by atoms with Gasteiger partial charge >= 0.3 is 0 Å². The van der Waals surface area contributed by atoms with E-state index in [0.29, 0.717) is 5.95 Å². The van der Waals surface area contributed by atoms with Crippen molar-refractivity contribution in [3.8, 4) is 0 Å². The molecule has 0 spiro atoms. The van der Waals surface area contributed by atoms with Gasteiger partial charge in [-0.3, -0.25) is 0 Å². The molecule has 1 aliphatic rings. The van der Waals surface area contributed by atoms with Gasteiger partial charge in [-0.1, -0.05) is 23.3 Å². The van der Waals surface area contributed by atoms with Crippen LogP contribution in [0.15, 0.2) is 52.7 Å². The van der Waals surface area contributed by atoms with Crippen LogP contribution in [-0.2, 0) is 0 Å². The lowest BCUT2D eigenvalue weighted by Crippen LogP contribution is -2.19. The Morgan fingerprint density at radius 2 is 2.09 bits per heavy atom. The quantitative estimate of drug-likeness (QED) is 0.746. The maximum atomic E-state index is 4.12. The Kier molecular flexibility index (Phi) is 3.44. The van der Waals surface area contributed by atoms with Crippen molar-refractivity contribution in [1.29, 1.82) is 0 Å². The minimum Gasteiger partial charge on any atom is -0.322 e. The molecule has 0 amide bonds. The third kappa shape index (κ3) is 2.32. The Bertz CT molecular complexity index is 805. The number of thiophene rings is 1. The number of anilines is 1. The van der Waals surface area contributed by atoms with Crippen molar-refractivity contribution < 1.29 is 0 Å². The van der Waals surface area contributed by atoms with Crippen LogP contribution in [0.4, 0.5) is 5.95 Å². The zero-order valence-corrected chi connectivity index (χ0v) is 13.4. The normalized spacial score (nSPS) is 16.8. The Balaban J connectivity index is 1.78. The highest BCUT2D eigenvalue weighted by Crippen LogP contribution is 2.33. The average Bonchev–Trinajstić information content (AvgIpc) is 3.25. The van der Waals surface area contributed by atoms with Gasteiger partial charge in [0.05, 0.1) is 10.6 Å². The molecule has 1 N–H and O–H groups in total. The molecular formula is C15H13N5S2. The molecule has 3 aromatic rings. The maximum Gasteiger partial charge on any atom is 0.248 e. The molecule has 0 bridgehead atoms. The molecule has 0 radical (unpaired) electrons. The summed E-state index contributed by atoms with van der Waals surface area (Å²) in [6.07, 6.45) is 4.25. The first-order valence-electron chi connectivity index (χ1n) is 6.80. The fraction of sp³-hybridized carbons (Fsp3) is 0.133. The first-order chi connectivity index (χ1) is 10.8. The summed E-state index contributed by atoms with van der Waals surface area (Å²) in [5.41, 5.74) is 2.22. The van der Waals surface area contributed by atoms with E-state index in [4.69, 9.17) is 0 Å². The van der Waals surface area contributed by atoms with Gasteiger partial charge in [-0.2, -0.15) is 4.68 Å². The summed E-state index contributed by atoms with van der Waals surface area (Å²) in [6, 6.07) is 12.7. The van der Waals surface area contributed by atoms with E-state index in [2.05, 4.69) is 68.9 Å². The van der Waals surface area contributed by atoms with Crippen LogP contribution in [0.2, 0.25) is 0 Å². The number of aromatic nitrogens is 4. The molecule has 22 heavy (non-hydrogen) atoms. The van der Waals surface area contributed by atoms with Crippen molar-refractivity contribution >= 4 is 34.7 Å². The van der Waals surface area contributed by atoms with Crippen molar-refractivity contribution in [2.75, 3.05) is 11.6 Å². The molecule has 4 rings (SSSR count). The summed E-state index contributed by atoms with van der Waals surface area (Å²) >= 11 is 3.43. The van der Waals surface area contributed by atoms with Crippen LogP contribution >= 0.6 is 23.1 Å². The van der Waals surface area contributed by atoms with E-state index in [-0.39, 0.29) is 6.04 Å². The highest BCUT2D eigenvalue weighted by molar-refractivity contribution is 7.98. The third-order valence-corrected chi connectivity index (χ3v) is 5.22. The number of hydrogen-bond acceptors (Lipinski definition) is 6. The second-order valence-corrected chi connectivity index (χ2v) is 6.68. The summed E-state index contributed by atoms with van der Waals surface area (Å²) in [6.45, 7) is 0. The molecule has 1 aromatic carbocycles. The van der Waals surface area contributed by atoms with Crippen molar-refractivity contribution in [3.05, 3.63) is 58.3 Å². The highest BCUT2D eigenvalue weighted by Gasteiger charge is 2.24. The number of benzene rings is 1. The molecule has 7 heteroatoms. The molecule has 3 heterocycles. The second-order valence-electron chi connectivity index (χ2n) is 4.85. The fourth-order valence-electron chi connectivity index (χ4n) is 2.47. The van der Waals surface area contributed by atoms with Crippen molar-refractivity contribution in [2.24, 2.45) is 0 Å². The lowest BCUT2D eigenvalue weighted by molar-refractivity contribution is 0.585. The molecule has 0 saturated heterocycles. The second kappa shape index (κ2) is 5.58. The molecule has 5 nitrogen and oxygen atoms in total. The lowest BCUT2D eigenvalue weighted by atomic mass is 10.0. The largest absolute Gasteiger partial charge is 0.322 e. The van der Waals surface area contributed by atoms with Gasteiger partial charge in [-0.15, -0.1) is 23.1 Å². The van der Waals surface area contributed by atoms with Crippen LogP contribution in [0.25, 0.3) is 5.70 Å². The van der Waals surface area contributed by atoms with Gasteiger partial charge in [0, 0.05) is 4.90 Å². The molecule has 1 unspecified atom stereocenters. The van der Waals surface area contributed by atoms with Gasteiger partial charge in [0.1, 0.15) is 6.04 Å². The summed E-state index contributed by atoms with van der Waals surface area (Å²) in [5, 5.41) is 17.4. The molecular weight excluding hydrogens is 314 g/mol. The summed E-state index contributed by atoms with van der Waals surface area (Å²) < 4.78 is 1.81. The van der Waals surface area contributed by atoms with E-state index in [9.17, 15) is 0 Å². The number of nitrogens with zero attached hydrogens (tertiary/aromatic N) is 4. The number of allylic oxidation sites excluding steroid dienone is 1. The molecule has 2 aromatic heterocycles. The smallest absolute Gasteiger partial charge is 0.248 e.